The average Bonchev–Trinajstić information content (AvgIpc) is 2.74. The van der Waals surface area contributed by atoms with E-state index >= 15 is 0 Å². The standard InChI is InChI=1S/C22H21N3O4S/c1-16(26)23-17-12-14-18(15-13-17)24-22(27)20-10-6-7-11-21(20)30(28,29)25(2)19-8-4-3-5-9-19/h3-15H,1-2H3,(H,23,26)(H,24,27). The van der Waals surface area contributed by atoms with Gasteiger partial charge in [0, 0.05) is 25.3 Å². The fourth-order valence-electron chi connectivity index (χ4n) is 2.84. The molecule has 0 saturated heterocycles. The zero-order chi connectivity index (χ0) is 21.7. The highest BCUT2D eigenvalue weighted by molar-refractivity contribution is 7.92. The molecule has 0 spiro atoms. The van der Waals surface area contributed by atoms with E-state index in [1.165, 1.54) is 26.1 Å². The highest BCUT2D eigenvalue weighted by Crippen LogP contribution is 2.25. The topological polar surface area (TPSA) is 95.6 Å². The van der Waals surface area contributed by atoms with E-state index in [2.05, 4.69) is 10.6 Å². The van der Waals surface area contributed by atoms with Gasteiger partial charge in [0.15, 0.2) is 0 Å². The normalized spacial score (nSPS) is 10.9. The van der Waals surface area contributed by atoms with Crippen LogP contribution in [-0.2, 0) is 14.8 Å². The van der Waals surface area contributed by atoms with Gasteiger partial charge >= 0.3 is 0 Å². The first-order chi connectivity index (χ1) is 14.3. The Morgan fingerprint density at radius 3 is 1.90 bits per heavy atom. The zero-order valence-corrected chi connectivity index (χ0v) is 17.3. The summed E-state index contributed by atoms with van der Waals surface area (Å²) in [5.41, 5.74) is 1.58. The van der Waals surface area contributed by atoms with Gasteiger partial charge in [0.1, 0.15) is 4.90 Å². The second-order valence-electron chi connectivity index (χ2n) is 6.52. The number of nitrogens with one attached hydrogen (secondary N) is 2. The Balaban J connectivity index is 1.87. The van der Waals surface area contributed by atoms with Crippen molar-refractivity contribution in [2.24, 2.45) is 0 Å². The molecule has 0 bridgehead atoms. The summed E-state index contributed by atoms with van der Waals surface area (Å²) in [5.74, 6) is -0.753. The molecule has 0 saturated carbocycles. The van der Waals surface area contributed by atoms with E-state index in [9.17, 15) is 18.0 Å². The molecule has 0 unspecified atom stereocenters. The maximum absolute atomic E-state index is 13.2. The lowest BCUT2D eigenvalue weighted by Gasteiger charge is -2.21. The third kappa shape index (κ3) is 4.66. The molecule has 8 heteroatoms. The summed E-state index contributed by atoms with van der Waals surface area (Å²) in [6, 6.07) is 21.2. The predicted molar refractivity (Wildman–Crippen MR) is 117 cm³/mol. The third-order valence-corrected chi connectivity index (χ3v) is 6.20. The Bertz CT molecular complexity index is 1160. The van der Waals surface area contributed by atoms with Crippen molar-refractivity contribution in [1.82, 2.24) is 0 Å². The fourth-order valence-corrected chi connectivity index (χ4v) is 4.23. The molecule has 0 aliphatic rings. The van der Waals surface area contributed by atoms with Crippen LogP contribution in [0.2, 0.25) is 0 Å². The number of sulfonamides is 1. The summed E-state index contributed by atoms with van der Waals surface area (Å²) in [6.07, 6.45) is 0. The molecule has 7 nitrogen and oxygen atoms in total. The number of para-hydroxylation sites is 1. The number of carbonyl (C=O) groups excluding carboxylic acids is 2. The fraction of sp³-hybridized carbons (Fsp3) is 0.0909. The lowest BCUT2D eigenvalue weighted by Crippen LogP contribution is -2.28. The average molecular weight is 423 g/mol. The van der Waals surface area contributed by atoms with Crippen LogP contribution in [0.15, 0.2) is 83.8 Å². The molecule has 0 radical (unpaired) electrons. The lowest BCUT2D eigenvalue weighted by atomic mass is 10.2. The second-order valence-corrected chi connectivity index (χ2v) is 8.45. The van der Waals surface area contributed by atoms with Crippen molar-refractivity contribution >= 4 is 38.9 Å². The first kappa shape index (κ1) is 21.1. The Morgan fingerprint density at radius 1 is 0.767 bits per heavy atom. The quantitative estimate of drug-likeness (QED) is 0.632. The van der Waals surface area contributed by atoms with E-state index < -0.39 is 15.9 Å². The number of anilines is 3. The summed E-state index contributed by atoms with van der Waals surface area (Å²) >= 11 is 0. The van der Waals surface area contributed by atoms with Gasteiger partial charge in [-0.15, -0.1) is 0 Å². The molecule has 0 aromatic heterocycles. The van der Waals surface area contributed by atoms with Gasteiger partial charge in [0.25, 0.3) is 15.9 Å². The van der Waals surface area contributed by atoms with E-state index in [1.807, 2.05) is 0 Å². The van der Waals surface area contributed by atoms with Crippen molar-refractivity contribution in [2.45, 2.75) is 11.8 Å². The molecular formula is C22H21N3O4S. The van der Waals surface area contributed by atoms with Gasteiger partial charge in [0.2, 0.25) is 5.91 Å². The molecule has 2 amide bonds. The van der Waals surface area contributed by atoms with Crippen molar-refractivity contribution < 1.29 is 18.0 Å². The van der Waals surface area contributed by atoms with Crippen LogP contribution in [0.25, 0.3) is 0 Å². The highest BCUT2D eigenvalue weighted by atomic mass is 32.2. The largest absolute Gasteiger partial charge is 0.326 e. The number of amides is 2. The molecule has 3 aromatic carbocycles. The number of hydrogen-bond donors (Lipinski definition) is 2. The van der Waals surface area contributed by atoms with Gasteiger partial charge in [-0.1, -0.05) is 30.3 Å². The summed E-state index contributed by atoms with van der Waals surface area (Å²) in [4.78, 5) is 23.9. The van der Waals surface area contributed by atoms with Crippen LogP contribution in [0.4, 0.5) is 17.1 Å². The molecular weight excluding hydrogens is 402 g/mol. The van der Waals surface area contributed by atoms with E-state index in [4.69, 9.17) is 0 Å². The molecule has 154 valence electrons. The maximum Gasteiger partial charge on any atom is 0.264 e. The van der Waals surface area contributed by atoms with Gasteiger partial charge in [-0.2, -0.15) is 0 Å². The van der Waals surface area contributed by atoms with Gasteiger partial charge < -0.3 is 10.6 Å². The molecule has 3 aromatic rings. The van der Waals surface area contributed by atoms with Crippen LogP contribution in [-0.4, -0.2) is 27.3 Å². The second kappa shape index (κ2) is 8.79. The first-order valence-electron chi connectivity index (χ1n) is 9.11. The Kier molecular flexibility index (Phi) is 6.17. The van der Waals surface area contributed by atoms with Crippen molar-refractivity contribution in [3.63, 3.8) is 0 Å². The van der Waals surface area contributed by atoms with Crippen LogP contribution >= 0.6 is 0 Å². The maximum atomic E-state index is 13.2. The SMILES string of the molecule is CC(=O)Nc1ccc(NC(=O)c2ccccc2S(=O)(=O)N(C)c2ccccc2)cc1. The Hall–Kier alpha value is -3.65. The third-order valence-electron chi connectivity index (χ3n) is 4.35. The lowest BCUT2D eigenvalue weighted by molar-refractivity contribution is -0.114. The van der Waals surface area contributed by atoms with Crippen LogP contribution in [0.5, 0.6) is 0 Å². The predicted octanol–water partition coefficient (Wildman–Crippen LogP) is 3.72. The van der Waals surface area contributed by atoms with Crippen LogP contribution in [0.1, 0.15) is 17.3 Å². The highest BCUT2D eigenvalue weighted by Gasteiger charge is 2.26. The van der Waals surface area contributed by atoms with E-state index in [0.29, 0.717) is 17.1 Å². The number of nitrogens with zero attached hydrogens (tertiary/aromatic N) is 1. The minimum atomic E-state index is -3.96. The number of benzene rings is 3. The molecule has 0 aliphatic carbocycles. The minimum absolute atomic E-state index is 0.0335. The van der Waals surface area contributed by atoms with Crippen molar-refractivity contribution in [3.8, 4) is 0 Å². The number of rotatable bonds is 6. The van der Waals surface area contributed by atoms with Crippen LogP contribution < -0.4 is 14.9 Å². The minimum Gasteiger partial charge on any atom is -0.326 e. The Morgan fingerprint density at radius 2 is 1.30 bits per heavy atom. The molecule has 0 aliphatic heterocycles. The van der Waals surface area contributed by atoms with E-state index in [-0.39, 0.29) is 16.4 Å². The smallest absolute Gasteiger partial charge is 0.264 e. The van der Waals surface area contributed by atoms with E-state index in [1.54, 1.807) is 66.7 Å². The monoisotopic (exact) mass is 423 g/mol. The summed E-state index contributed by atoms with van der Waals surface area (Å²) in [7, 11) is -2.51. The molecule has 2 N–H and O–H groups in total. The molecule has 0 fully saturated rings. The molecule has 30 heavy (non-hydrogen) atoms. The zero-order valence-electron chi connectivity index (χ0n) is 16.5. The number of hydrogen-bond acceptors (Lipinski definition) is 4. The summed E-state index contributed by atoms with van der Waals surface area (Å²) < 4.78 is 27.5. The van der Waals surface area contributed by atoms with Gasteiger partial charge in [-0.3, -0.25) is 13.9 Å². The first-order valence-corrected chi connectivity index (χ1v) is 10.5. The summed E-state index contributed by atoms with van der Waals surface area (Å²) in [5, 5.41) is 5.33. The van der Waals surface area contributed by atoms with Gasteiger partial charge in [0.05, 0.1) is 11.3 Å². The molecule has 0 atom stereocenters. The Labute approximate surface area is 175 Å². The van der Waals surface area contributed by atoms with Crippen molar-refractivity contribution in [3.05, 3.63) is 84.4 Å². The molecule has 0 heterocycles. The van der Waals surface area contributed by atoms with Gasteiger partial charge in [-0.05, 0) is 48.5 Å². The van der Waals surface area contributed by atoms with Crippen LogP contribution in [0.3, 0.4) is 0 Å². The van der Waals surface area contributed by atoms with Crippen molar-refractivity contribution in [1.29, 1.82) is 0 Å². The number of carbonyl (C=O) groups is 2. The van der Waals surface area contributed by atoms with Crippen molar-refractivity contribution in [2.75, 3.05) is 22.0 Å². The summed E-state index contributed by atoms with van der Waals surface area (Å²) in [6.45, 7) is 1.40. The van der Waals surface area contributed by atoms with E-state index in [0.717, 1.165) is 4.31 Å². The van der Waals surface area contributed by atoms with Crippen LogP contribution in [0, 0.1) is 0 Å². The molecule has 3 rings (SSSR count). The van der Waals surface area contributed by atoms with Gasteiger partial charge in [-0.25, -0.2) is 8.42 Å².